The van der Waals surface area contributed by atoms with Crippen LogP contribution >= 0.6 is 0 Å². The first-order chi connectivity index (χ1) is 14.7. The summed E-state index contributed by atoms with van der Waals surface area (Å²) >= 11 is 0. The molecule has 0 saturated carbocycles. The number of furan rings is 1. The van der Waals surface area contributed by atoms with Crippen LogP contribution in [0, 0.1) is 0 Å². The average molecular weight is 394 g/mol. The summed E-state index contributed by atoms with van der Waals surface area (Å²) in [5.74, 6) is 0.401. The molecule has 0 aliphatic carbocycles. The molecule has 2 heterocycles. The number of aryl methyl sites for hydroxylation is 1. The van der Waals surface area contributed by atoms with Crippen LogP contribution in [-0.4, -0.2) is 10.5 Å². The smallest absolute Gasteiger partial charge is 0.249 e. The van der Waals surface area contributed by atoms with Crippen LogP contribution in [0.2, 0.25) is 0 Å². The second kappa shape index (κ2) is 7.23. The molecule has 0 atom stereocenters. The third-order valence-corrected chi connectivity index (χ3v) is 5.73. The zero-order chi connectivity index (χ0) is 20.7. The van der Waals surface area contributed by atoms with Crippen LogP contribution in [0.4, 0.5) is 0 Å². The predicted molar refractivity (Wildman–Crippen MR) is 121 cm³/mol. The van der Waals surface area contributed by atoms with Gasteiger partial charge in [-0.3, -0.25) is 4.79 Å². The second-order valence-corrected chi connectivity index (χ2v) is 7.53. The number of nitrogens with two attached hydrogens (primary N) is 1. The number of hydrogen-bond donors (Lipinski definition) is 1. The third-order valence-electron chi connectivity index (χ3n) is 5.73. The van der Waals surface area contributed by atoms with E-state index in [1.807, 2.05) is 24.3 Å². The molecule has 0 saturated heterocycles. The zero-order valence-electron chi connectivity index (χ0n) is 16.8. The number of hydrogen-bond acceptors (Lipinski definition) is 2. The lowest BCUT2D eigenvalue weighted by Gasteiger charge is -2.09. The maximum Gasteiger partial charge on any atom is 0.249 e. The van der Waals surface area contributed by atoms with Crippen molar-refractivity contribution >= 4 is 27.7 Å². The summed E-state index contributed by atoms with van der Waals surface area (Å²) in [6.45, 7) is 2.86. The Morgan fingerprint density at radius 2 is 1.73 bits per heavy atom. The van der Waals surface area contributed by atoms with Gasteiger partial charge in [0.05, 0.1) is 17.3 Å². The summed E-state index contributed by atoms with van der Waals surface area (Å²) in [5, 5.41) is 1.91. The Kier molecular flexibility index (Phi) is 4.40. The highest BCUT2D eigenvalue weighted by Gasteiger charge is 2.17. The molecule has 0 spiro atoms. The highest BCUT2D eigenvalue weighted by molar-refractivity contribution is 6.18. The summed E-state index contributed by atoms with van der Waals surface area (Å²) in [6, 6.07) is 24.5. The maximum absolute atomic E-state index is 12.1. The van der Waals surface area contributed by atoms with Gasteiger partial charge in [-0.1, -0.05) is 49.4 Å². The maximum atomic E-state index is 12.1. The molecule has 30 heavy (non-hydrogen) atoms. The number of benzene rings is 3. The molecule has 148 valence electrons. The van der Waals surface area contributed by atoms with Crippen LogP contribution < -0.4 is 5.73 Å². The van der Waals surface area contributed by atoms with Gasteiger partial charge < -0.3 is 14.7 Å². The molecule has 0 bridgehead atoms. The van der Waals surface area contributed by atoms with E-state index < -0.39 is 5.91 Å². The van der Waals surface area contributed by atoms with Gasteiger partial charge in [0.15, 0.2) is 0 Å². The molecule has 1 amide bonds. The van der Waals surface area contributed by atoms with Gasteiger partial charge >= 0.3 is 0 Å². The van der Waals surface area contributed by atoms with E-state index in [2.05, 4.69) is 54.0 Å². The molecule has 4 nitrogen and oxygen atoms in total. The number of nitrogens with zero attached hydrogens (tertiary/aromatic N) is 1. The fourth-order valence-electron chi connectivity index (χ4n) is 4.18. The number of carbonyl (C=O) groups is 1. The van der Waals surface area contributed by atoms with E-state index >= 15 is 0 Å². The molecule has 5 aromatic rings. The highest BCUT2D eigenvalue weighted by Crippen LogP contribution is 2.35. The average Bonchev–Trinajstić information content (AvgIpc) is 3.41. The SMILES string of the molecule is CCc1ccc(Cn2c3cc(-c4ccco4)ccc3c3c(C(N)=O)cccc32)cc1. The number of fused-ring (bicyclic) bond motifs is 3. The molecule has 0 radical (unpaired) electrons. The van der Waals surface area contributed by atoms with Crippen molar-refractivity contribution in [2.75, 3.05) is 0 Å². The standard InChI is InChI=1S/C26H22N2O2/c1-2-17-8-10-18(11-9-17)16-28-22-6-3-5-21(26(27)29)25(22)20-13-12-19(15-23(20)28)24-7-4-14-30-24/h3-15H,2,16H2,1H3,(H2,27,29). The van der Waals surface area contributed by atoms with Crippen molar-refractivity contribution < 1.29 is 9.21 Å². The van der Waals surface area contributed by atoms with Crippen molar-refractivity contribution in [1.82, 2.24) is 4.57 Å². The Hall–Kier alpha value is -3.79. The third kappa shape index (κ3) is 2.98. The summed E-state index contributed by atoms with van der Waals surface area (Å²) in [7, 11) is 0. The number of rotatable bonds is 5. The lowest BCUT2D eigenvalue weighted by Crippen LogP contribution is -2.11. The van der Waals surface area contributed by atoms with Crippen molar-refractivity contribution in [1.29, 1.82) is 0 Å². The lowest BCUT2D eigenvalue weighted by molar-refractivity contribution is 0.100. The second-order valence-electron chi connectivity index (χ2n) is 7.53. The molecule has 4 heteroatoms. The van der Waals surface area contributed by atoms with Crippen molar-refractivity contribution in [3.8, 4) is 11.3 Å². The normalized spacial score (nSPS) is 11.4. The molecular formula is C26H22N2O2. The van der Waals surface area contributed by atoms with Gasteiger partial charge in [-0.05, 0) is 47.9 Å². The molecule has 5 rings (SSSR count). The highest BCUT2D eigenvalue weighted by atomic mass is 16.3. The van der Waals surface area contributed by atoms with E-state index in [4.69, 9.17) is 10.2 Å². The Balaban J connectivity index is 1.77. The summed E-state index contributed by atoms with van der Waals surface area (Å²) in [5.41, 5.74) is 11.8. The van der Waals surface area contributed by atoms with Gasteiger partial charge in [0.25, 0.3) is 0 Å². The van der Waals surface area contributed by atoms with E-state index in [0.29, 0.717) is 12.1 Å². The minimum atomic E-state index is -0.415. The molecule has 2 aromatic heterocycles. The number of primary amides is 1. The van der Waals surface area contributed by atoms with E-state index in [0.717, 1.165) is 39.6 Å². The number of amides is 1. The van der Waals surface area contributed by atoms with Crippen LogP contribution in [0.25, 0.3) is 33.1 Å². The lowest BCUT2D eigenvalue weighted by atomic mass is 10.0. The largest absolute Gasteiger partial charge is 0.464 e. The van der Waals surface area contributed by atoms with Gasteiger partial charge in [-0.2, -0.15) is 0 Å². The first-order valence-electron chi connectivity index (χ1n) is 10.1. The van der Waals surface area contributed by atoms with Crippen LogP contribution in [0.1, 0.15) is 28.4 Å². The van der Waals surface area contributed by atoms with Crippen molar-refractivity contribution in [2.45, 2.75) is 19.9 Å². The minimum Gasteiger partial charge on any atom is -0.464 e. The first-order valence-corrected chi connectivity index (χ1v) is 10.1. The molecule has 0 unspecified atom stereocenters. The van der Waals surface area contributed by atoms with E-state index in [-0.39, 0.29) is 0 Å². The molecule has 3 aromatic carbocycles. The number of aromatic nitrogens is 1. The molecule has 0 aliphatic heterocycles. The van der Waals surface area contributed by atoms with Gasteiger partial charge in [-0.25, -0.2) is 0 Å². The first kappa shape index (κ1) is 18.3. The fraction of sp³-hybridized carbons (Fsp3) is 0.115. The van der Waals surface area contributed by atoms with Crippen LogP contribution in [0.5, 0.6) is 0 Å². The topological polar surface area (TPSA) is 61.2 Å². The monoisotopic (exact) mass is 394 g/mol. The van der Waals surface area contributed by atoms with Gasteiger partial charge in [0.2, 0.25) is 5.91 Å². The predicted octanol–water partition coefficient (Wildman–Crippen LogP) is 5.76. The van der Waals surface area contributed by atoms with Crippen LogP contribution in [0.15, 0.2) is 83.5 Å². The Morgan fingerprint density at radius 1 is 0.933 bits per heavy atom. The zero-order valence-corrected chi connectivity index (χ0v) is 16.8. The van der Waals surface area contributed by atoms with Crippen molar-refractivity contribution in [3.05, 3.63) is 95.7 Å². The summed E-state index contributed by atoms with van der Waals surface area (Å²) < 4.78 is 7.86. The summed E-state index contributed by atoms with van der Waals surface area (Å²) in [6.07, 6.45) is 2.69. The Labute approximate surface area is 174 Å². The molecule has 0 aliphatic rings. The Bertz CT molecular complexity index is 1360. The molecule has 2 N–H and O–H groups in total. The van der Waals surface area contributed by atoms with Crippen LogP contribution in [-0.2, 0) is 13.0 Å². The fourth-order valence-corrected chi connectivity index (χ4v) is 4.18. The van der Waals surface area contributed by atoms with Crippen LogP contribution in [0.3, 0.4) is 0 Å². The molecule has 0 fully saturated rings. The van der Waals surface area contributed by atoms with Gasteiger partial charge in [0, 0.05) is 28.4 Å². The van der Waals surface area contributed by atoms with E-state index in [9.17, 15) is 4.79 Å². The van der Waals surface area contributed by atoms with Gasteiger partial charge in [-0.15, -0.1) is 0 Å². The van der Waals surface area contributed by atoms with Crippen molar-refractivity contribution in [2.24, 2.45) is 5.73 Å². The Morgan fingerprint density at radius 3 is 2.43 bits per heavy atom. The van der Waals surface area contributed by atoms with Crippen molar-refractivity contribution in [3.63, 3.8) is 0 Å². The van der Waals surface area contributed by atoms with E-state index in [1.54, 1.807) is 12.3 Å². The quantitative estimate of drug-likeness (QED) is 0.412. The van der Waals surface area contributed by atoms with E-state index in [1.165, 1.54) is 11.1 Å². The minimum absolute atomic E-state index is 0.415. The summed E-state index contributed by atoms with van der Waals surface area (Å²) in [4.78, 5) is 12.1. The van der Waals surface area contributed by atoms with Gasteiger partial charge in [0.1, 0.15) is 5.76 Å². The molecular weight excluding hydrogens is 372 g/mol. The number of carbonyl (C=O) groups excluding carboxylic acids is 1.